The summed E-state index contributed by atoms with van der Waals surface area (Å²) in [6.07, 6.45) is 0.911. The topological polar surface area (TPSA) is 35.2 Å². The van der Waals surface area contributed by atoms with Crippen molar-refractivity contribution in [2.45, 2.75) is 27.2 Å². The molecule has 2 heteroatoms. The number of benzene rings is 1. The van der Waals surface area contributed by atoms with Gasteiger partial charge in [0.05, 0.1) is 6.61 Å². The number of hydrogen-bond acceptors (Lipinski definition) is 2. The number of hydrogen-bond donors (Lipinski definition) is 1. The molecule has 1 aromatic carbocycles. The van der Waals surface area contributed by atoms with Crippen LogP contribution in [0.1, 0.15) is 25.8 Å². The second kappa shape index (κ2) is 8.57. The first-order chi connectivity index (χ1) is 6.83. The van der Waals surface area contributed by atoms with Crippen LogP contribution in [0.2, 0.25) is 0 Å². The van der Waals surface area contributed by atoms with Gasteiger partial charge in [0, 0.05) is 0 Å². The summed E-state index contributed by atoms with van der Waals surface area (Å²) in [6, 6.07) is 8.03. The molecule has 0 radical (unpaired) electrons. The lowest BCUT2D eigenvalue weighted by molar-refractivity contribution is 0.313. The van der Waals surface area contributed by atoms with Crippen LogP contribution in [0, 0.1) is 6.92 Å². The third kappa shape index (κ3) is 5.60. The summed E-state index contributed by atoms with van der Waals surface area (Å²) < 4.78 is 5.42. The molecule has 0 unspecified atom stereocenters. The van der Waals surface area contributed by atoms with E-state index in [0.717, 1.165) is 12.2 Å². The molecule has 0 atom stereocenters. The van der Waals surface area contributed by atoms with E-state index >= 15 is 0 Å². The van der Waals surface area contributed by atoms with E-state index in [1.165, 1.54) is 5.56 Å². The minimum Gasteiger partial charge on any atom is -0.494 e. The third-order valence-corrected chi connectivity index (χ3v) is 1.64. The molecular weight excluding hydrogens is 174 g/mol. The van der Waals surface area contributed by atoms with Crippen LogP contribution < -0.4 is 10.5 Å². The molecule has 0 saturated heterocycles. The minimum atomic E-state index is 0.686. The Morgan fingerprint density at radius 1 is 1.14 bits per heavy atom. The Morgan fingerprint density at radius 3 is 2.21 bits per heavy atom. The summed E-state index contributed by atoms with van der Waals surface area (Å²) >= 11 is 0. The van der Waals surface area contributed by atoms with Crippen molar-refractivity contribution in [3.8, 4) is 5.75 Å². The maximum absolute atomic E-state index is 5.42. The Balaban J connectivity index is 0.000000791. The van der Waals surface area contributed by atoms with Crippen molar-refractivity contribution in [1.82, 2.24) is 0 Å². The van der Waals surface area contributed by atoms with Crippen molar-refractivity contribution >= 4 is 0 Å². The molecule has 0 heterocycles. The zero-order chi connectivity index (χ0) is 10.8. The summed E-state index contributed by atoms with van der Waals surface area (Å²) in [7, 11) is 0. The van der Waals surface area contributed by atoms with Gasteiger partial charge in [0.25, 0.3) is 0 Å². The van der Waals surface area contributed by atoms with Gasteiger partial charge in [-0.15, -0.1) is 0 Å². The van der Waals surface area contributed by atoms with Crippen LogP contribution in [-0.2, 0) is 0 Å². The summed E-state index contributed by atoms with van der Waals surface area (Å²) in [6.45, 7) is 7.45. The average molecular weight is 195 g/mol. The van der Waals surface area contributed by atoms with Gasteiger partial charge >= 0.3 is 0 Å². The Morgan fingerprint density at radius 2 is 1.71 bits per heavy atom. The summed E-state index contributed by atoms with van der Waals surface area (Å²) in [5.74, 6) is 0.925. The molecule has 0 aromatic heterocycles. The number of rotatable bonds is 4. The third-order valence-electron chi connectivity index (χ3n) is 1.64. The number of aryl methyl sites for hydroxylation is 1. The Hall–Kier alpha value is -1.02. The first-order valence-electron chi connectivity index (χ1n) is 5.22. The van der Waals surface area contributed by atoms with Gasteiger partial charge in [-0.1, -0.05) is 31.5 Å². The molecule has 0 aliphatic carbocycles. The van der Waals surface area contributed by atoms with Gasteiger partial charge in [-0.3, -0.25) is 0 Å². The fourth-order valence-electron chi connectivity index (χ4n) is 0.908. The molecule has 1 aromatic rings. The maximum Gasteiger partial charge on any atom is 0.119 e. The second-order valence-electron chi connectivity index (χ2n) is 2.80. The van der Waals surface area contributed by atoms with Crippen molar-refractivity contribution in [3.63, 3.8) is 0 Å². The van der Waals surface area contributed by atoms with Crippen LogP contribution in [0.25, 0.3) is 0 Å². The summed E-state index contributed by atoms with van der Waals surface area (Å²) in [4.78, 5) is 0. The van der Waals surface area contributed by atoms with E-state index in [-0.39, 0.29) is 0 Å². The van der Waals surface area contributed by atoms with E-state index < -0.39 is 0 Å². The predicted octanol–water partition coefficient (Wildman–Crippen LogP) is 2.75. The highest BCUT2D eigenvalue weighted by Crippen LogP contribution is 2.11. The first-order valence-corrected chi connectivity index (χ1v) is 5.22. The van der Waals surface area contributed by atoms with Gasteiger partial charge < -0.3 is 10.5 Å². The van der Waals surface area contributed by atoms with Crippen LogP contribution in [-0.4, -0.2) is 13.2 Å². The highest BCUT2D eigenvalue weighted by molar-refractivity contribution is 5.26. The zero-order valence-corrected chi connectivity index (χ0v) is 9.42. The monoisotopic (exact) mass is 195 g/mol. The number of nitrogens with two attached hydrogens (primary N) is 1. The molecule has 0 spiro atoms. The molecule has 0 aliphatic heterocycles. The first kappa shape index (κ1) is 13.0. The molecule has 14 heavy (non-hydrogen) atoms. The van der Waals surface area contributed by atoms with E-state index in [9.17, 15) is 0 Å². The molecule has 0 saturated carbocycles. The van der Waals surface area contributed by atoms with E-state index in [0.29, 0.717) is 13.2 Å². The molecular formula is C12H21NO. The molecule has 2 N–H and O–H groups in total. The number of ether oxygens (including phenoxy) is 1. The second-order valence-corrected chi connectivity index (χ2v) is 2.80. The van der Waals surface area contributed by atoms with Crippen LogP contribution in [0.4, 0.5) is 0 Å². The fraction of sp³-hybridized carbons (Fsp3) is 0.500. The fourth-order valence-corrected chi connectivity index (χ4v) is 0.908. The highest BCUT2D eigenvalue weighted by atomic mass is 16.5. The van der Waals surface area contributed by atoms with Crippen LogP contribution >= 0.6 is 0 Å². The van der Waals surface area contributed by atoms with Crippen LogP contribution in [0.3, 0.4) is 0 Å². The highest BCUT2D eigenvalue weighted by Gasteiger charge is 1.91. The van der Waals surface area contributed by atoms with Gasteiger partial charge in [0.1, 0.15) is 5.75 Å². The lowest BCUT2D eigenvalue weighted by Gasteiger charge is -2.04. The predicted molar refractivity (Wildman–Crippen MR) is 61.7 cm³/mol. The largest absolute Gasteiger partial charge is 0.494 e. The standard InChI is InChI=1S/C10H15NO.C2H6/c1-9-3-5-10(6-4-9)12-8-2-7-11;1-2/h3-6H,2,7-8,11H2,1H3;1-2H3. The van der Waals surface area contributed by atoms with Gasteiger partial charge in [0.2, 0.25) is 0 Å². The van der Waals surface area contributed by atoms with E-state index in [1.807, 2.05) is 38.1 Å². The quantitative estimate of drug-likeness (QED) is 0.750. The van der Waals surface area contributed by atoms with Crippen molar-refractivity contribution in [3.05, 3.63) is 29.8 Å². The normalized spacial score (nSPS) is 8.86. The van der Waals surface area contributed by atoms with E-state index in [4.69, 9.17) is 10.5 Å². The molecule has 0 aliphatic rings. The smallest absolute Gasteiger partial charge is 0.119 e. The van der Waals surface area contributed by atoms with E-state index in [2.05, 4.69) is 6.92 Å². The van der Waals surface area contributed by atoms with Gasteiger partial charge in [-0.25, -0.2) is 0 Å². The zero-order valence-electron chi connectivity index (χ0n) is 9.42. The molecule has 80 valence electrons. The van der Waals surface area contributed by atoms with Gasteiger partial charge in [-0.2, -0.15) is 0 Å². The Bertz CT molecular complexity index is 218. The lowest BCUT2D eigenvalue weighted by Crippen LogP contribution is -2.05. The van der Waals surface area contributed by atoms with Crippen molar-refractivity contribution in [2.24, 2.45) is 5.73 Å². The molecule has 0 fully saturated rings. The average Bonchev–Trinajstić information content (AvgIpc) is 2.24. The van der Waals surface area contributed by atoms with Crippen LogP contribution in [0.15, 0.2) is 24.3 Å². The minimum absolute atomic E-state index is 0.686. The van der Waals surface area contributed by atoms with E-state index in [1.54, 1.807) is 0 Å². The Kier molecular flexibility index (Phi) is 7.95. The van der Waals surface area contributed by atoms with Gasteiger partial charge in [0.15, 0.2) is 0 Å². The molecule has 2 nitrogen and oxygen atoms in total. The Labute approximate surface area is 87.1 Å². The van der Waals surface area contributed by atoms with Crippen molar-refractivity contribution in [1.29, 1.82) is 0 Å². The maximum atomic E-state index is 5.42. The lowest BCUT2D eigenvalue weighted by atomic mass is 10.2. The molecule has 0 amide bonds. The van der Waals surface area contributed by atoms with Crippen LogP contribution in [0.5, 0.6) is 5.75 Å². The summed E-state index contributed by atoms with van der Waals surface area (Å²) in [5.41, 5.74) is 6.59. The molecule has 1 rings (SSSR count). The molecule has 0 bridgehead atoms. The van der Waals surface area contributed by atoms with Crippen molar-refractivity contribution in [2.75, 3.05) is 13.2 Å². The summed E-state index contributed by atoms with van der Waals surface area (Å²) in [5, 5.41) is 0. The van der Waals surface area contributed by atoms with Crippen molar-refractivity contribution < 1.29 is 4.74 Å². The van der Waals surface area contributed by atoms with Gasteiger partial charge in [-0.05, 0) is 32.0 Å². The SMILES string of the molecule is CC.Cc1ccc(OCCCN)cc1.